The fourth-order valence-electron chi connectivity index (χ4n) is 1.28. The molecule has 1 rings (SSSR count). The topological polar surface area (TPSA) is 41.1 Å². The lowest BCUT2D eigenvalue weighted by molar-refractivity contribution is -0.119. The molecule has 0 saturated heterocycles. The number of rotatable bonds is 6. The first kappa shape index (κ1) is 14.3. The lowest BCUT2D eigenvalue weighted by atomic mass is 10.3. The second-order valence-corrected chi connectivity index (χ2v) is 4.97. The number of anilines is 1. The highest BCUT2D eigenvalue weighted by molar-refractivity contribution is 9.10. The number of carbonyl (C=O) groups excluding carboxylic acids is 1. The van der Waals surface area contributed by atoms with Crippen molar-refractivity contribution in [3.8, 4) is 0 Å². The molecule has 0 saturated carbocycles. The Morgan fingerprint density at radius 3 is 2.88 bits per heavy atom. The van der Waals surface area contributed by atoms with Crippen LogP contribution >= 0.6 is 27.5 Å². The van der Waals surface area contributed by atoms with Crippen molar-refractivity contribution in [2.24, 2.45) is 0 Å². The first-order valence-electron chi connectivity index (χ1n) is 5.59. The normalized spacial score (nSPS) is 10.1. The number of amides is 1. The van der Waals surface area contributed by atoms with Crippen LogP contribution < -0.4 is 10.6 Å². The molecule has 94 valence electrons. The summed E-state index contributed by atoms with van der Waals surface area (Å²) in [4.78, 5) is 11.5. The maximum Gasteiger partial charge on any atom is 0.239 e. The molecule has 0 aliphatic heterocycles. The molecule has 0 aromatic heterocycles. The molecule has 0 bridgehead atoms. The number of nitrogens with one attached hydrogen (secondary N) is 2. The predicted octanol–water partition coefficient (Wildman–Crippen LogP) is 3.43. The molecule has 1 amide bonds. The third-order valence-corrected chi connectivity index (χ3v) is 3.11. The summed E-state index contributed by atoms with van der Waals surface area (Å²) in [6, 6.07) is 5.41. The molecular weight excluding hydrogens is 304 g/mol. The molecule has 1 aromatic carbocycles. The van der Waals surface area contributed by atoms with Crippen LogP contribution in [0.15, 0.2) is 22.7 Å². The van der Waals surface area contributed by atoms with E-state index in [0.717, 1.165) is 29.5 Å². The van der Waals surface area contributed by atoms with Gasteiger partial charge in [-0.15, -0.1) is 0 Å². The molecule has 0 aliphatic rings. The summed E-state index contributed by atoms with van der Waals surface area (Å²) in [5.74, 6) is 0.000278. The molecule has 0 atom stereocenters. The van der Waals surface area contributed by atoms with Crippen molar-refractivity contribution in [3.05, 3.63) is 27.7 Å². The zero-order chi connectivity index (χ0) is 12.7. The largest absolute Gasteiger partial charge is 0.375 e. The van der Waals surface area contributed by atoms with E-state index in [1.807, 2.05) is 6.07 Å². The second-order valence-electron chi connectivity index (χ2n) is 3.68. The van der Waals surface area contributed by atoms with Gasteiger partial charge in [0.1, 0.15) is 0 Å². The van der Waals surface area contributed by atoms with Crippen molar-refractivity contribution in [1.82, 2.24) is 5.32 Å². The van der Waals surface area contributed by atoms with Gasteiger partial charge in [0.25, 0.3) is 0 Å². The van der Waals surface area contributed by atoms with E-state index in [0.29, 0.717) is 5.02 Å². The van der Waals surface area contributed by atoms with Crippen molar-refractivity contribution in [1.29, 1.82) is 0 Å². The van der Waals surface area contributed by atoms with Gasteiger partial charge in [0, 0.05) is 21.7 Å². The monoisotopic (exact) mass is 318 g/mol. The lowest BCUT2D eigenvalue weighted by Gasteiger charge is -2.09. The lowest BCUT2D eigenvalue weighted by Crippen LogP contribution is -2.30. The number of carbonyl (C=O) groups is 1. The second kappa shape index (κ2) is 7.56. The third kappa shape index (κ3) is 5.41. The minimum absolute atomic E-state index is 0.000278. The molecule has 17 heavy (non-hydrogen) atoms. The molecule has 1 aromatic rings. The van der Waals surface area contributed by atoms with E-state index in [-0.39, 0.29) is 12.5 Å². The quantitative estimate of drug-likeness (QED) is 0.789. The van der Waals surface area contributed by atoms with Gasteiger partial charge in [-0.3, -0.25) is 4.79 Å². The number of unbranched alkanes of at least 4 members (excludes halogenated alkanes) is 1. The fraction of sp³-hybridized carbons (Fsp3) is 0.417. The van der Waals surface area contributed by atoms with Crippen LogP contribution in [0.3, 0.4) is 0 Å². The summed E-state index contributed by atoms with van der Waals surface area (Å²) in [6.45, 7) is 3.10. The van der Waals surface area contributed by atoms with Crippen LogP contribution in [0.25, 0.3) is 0 Å². The van der Waals surface area contributed by atoms with Crippen molar-refractivity contribution < 1.29 is 4.79 Å². The highest BCUT2D eigenvalue weighted by Gasteiger charge is 2.03. The minimum Gasteiger partial charge on any atom is -0.375 e. The van der Waals surface area contributed by atoms with Gasteiger partial charge >= 0.3 is 0 Å². The smallest absolute Gasteiger partial charge is 0.239 e. The van der Waals surface area contributed by atoms with Crippen LogP contribution in [0.2, 0.25) is 5.02 Å². The SMILES string of the molecule is CCCCNC(=O)CNc1ccc(Cl)cc1Br. The Morgan fingerprint density at radius 1 is 1.47 bits per heavy atom. The molecule has 0 radical (unpaired) electrons. The molecule has 0 fully saturated rings. The molecule has 2 N–H and O–H groups in total. The molecule has 3 nitrogen and oxygen atoms in total. The van der Waals surface area contributed by atoms with E-state index in [2.05, 4.69) is 33.5 Å². The Morgan fingerprint density at radius 2 is 2.24 bits per heavy atom. The van der Waals surface area contributed by atoms with E-state index in [9.17, 15) is 4.79 Å². The summed E-state index contributed by atoms with van der Waals surface area (Å²) in [6.07, 6.45) is 2.09. The first-order valence-corrected chi connectivity index (χ1v) is 6.76. The van der Waals surface area contributed by atoms with Crippen LogP contribution in [0.5, 0.6) is 0 Å². The number of benzene rings is 1. The van der Waals surface area contributed by atoms with E-state index in [1.165, 1.54) is 0 Å². The van der Waals surface area contributed by atoms with Crippen LogP contribution in [-0.4, -0.2) is 19.0 Å². The number of halogens is 2. The van der Waals surface area contributed by atoms with Gasteiger partial charge < -0.3 is 10.6 Å². The highest BCUT2D eigenvalue weighted by Crippen LogP contribution is 2.25. The van der Waals surface area contributed by atoms with Gasteiger partial charge in [-0.2, -0.15) is 0 Å². The summed E-state index contributed by atoms with van der Waals surface area (Å²) in [7, 11) is 0. The minimum atomic E-state index is 0.000278. The number of hydrogen-bond donors (Lipinski definition) is 2. The zero-order valence-electron chi connectivity index (χ0n) is 9.72. The third-order valence-electron chi connectivity index (χ3n) is 2.22. The average Bonchev–Trinajstić information content (AvgIpc) is 2.28. The molecule has 0 spiro atoms. The summed E-state index contributed by atoms with van der Waals surface area (Å²) in [5, 5.41) is 6.55. The van der Waals surface area contributed by atoms with E-state index >= 15 is 0 Å². The molecule has 0 unspecified atom stereocenters. The van der Waals surface area contributed by atoms with Gasteiger partial charge in [0.15, 0.2) is 0 Å². The van der Waals surface area contributed by atoms with Gasteiger partial charge in [0.2, 0.25) is 5.91 Å². The average molecular weight is 320 g/mol. The van der Waals surface area contributed by atoms with Gasteiger partial charge in [-0.05, 0) is 40.5 Å². The van der Waals surface area contributed by atoms with Crippen molar-refractivity contribution in [3.63, 3.8) is 0 Å². The Hall–Kier alpha value is -0.740. The maximum absolute atomic E-state index is 11.5. The Kier molecular flexibility index (Phi) is 6.37. The van der Waals surface area contributed by atoms with Crippen molar-refractivity contribution in [2.45, 2.75) is 19.8 Å². The fourth-order valence-corrected chi connectivity index (χ4v) is 2.10. The summed E-state index contributed by atoms with van der Waals surface area (Å²) in [5.41, 5.74) is 0.861. The summed E-state index contributed by atoms with van der Waals surface area (Å²) < 4.78 is 0.853. The summed E-state index contributed by atoms with van der Waals surface area (Å²) >= 11 is 9.21. The van der Waals surface area contributed by atoms with Crippen molar-refractivity contribution in [2.75, 3.05) is 18.4 Å². The number of hydrogen-bond acceptors (Lipinski definition) is 2. The van der Waals surface area contributed by atoms with Crippen LogP contribution in [0.4, 0.5) is 5.69 Å². The van der Waals surface area contributed by atoms with Gasteiger partial charge in [-0.25, -0.2) is 0 Å². The Balaban J connectivity index is 2.37. The molecule has 0 heterocycles. The molecule has 5 heteroatoms. The van der Waals surface area contributed by atoms with Crippen LogP contribution in [0.1, 0.15) is 19.8 Å². The van der Waals surface area contributed by atoms with Gasteiger partial charge in [0.05, 0.1) is 6.54 Å². The van der Waals surface area contributed by atoms with Crippen molar-refractivity contribution >= 4 is 39.1 Å². The maximum atomic E-state index is 11.5. The zero-order valence-corrected chi connectivity index (χ0v) is 12.1. The Bertz CT molecular complexity index is 385. The van der Waals surface area contributed by atoms with Crippen LogP contribution in [-0.2, 0) is 4.79 Å². The predicted molar refractivity (Wildman–Crippen MR) is 75.6 cm³/mol. The van der Waals surface area contributed by atoms with E-state index < -0.39 is 0 Å². The first-order chi connectivity index (χ1) is 8.13. The van der Waals surface area contributed by atoms with E-state index in [1.54, 1.807) is 12.1 Å². The molecular formula is C12H16BrClN2O. The Labute approximate surface area is 115 Å². The standard InChI is InChI=1S/C12H16BrClN2O/c1-2-3-6-15-12(17)8-16-11-5-4-9(14)7-10(11)13/h4-5,7,16H,2-3,6,8H2,1H3,(H,15,17). The van der Waals surface area contributed by atoms with Gasteiger partial charge in [-0.1, -0.05) is 24.9 Å². The van der Waals surface area contributed by atoms with Crippen LogP contribution in [0, 0.1) is 0 Å². The highest BCUT2D eigenvalue weighted by atomic mass is 79.9. The molecule has 0 aliphatic carbocycles. The van der Waals surface area contributed by atoms with E-state index in [4.69, 9.17) is 11.6 Å².